The standard InChI is InChI=1S/C31H36N4O3/c1-31(2,30(36)37)27-22-35-28(32-27)16-15-25(33-35)14-9-19-34-20-17-26(18-21-34)38-29(23-10-5-3-6-11-23)24-12-7-4-8-13-24/h3-8,10-13,15-16,22,26,29H,9,14,17-21H2,1-2H3,(H,36,37). The Labute approximate surface area is 224 Å². The van der Waals surface area contributed by atoms with Gasteiger partial charge in [-0.15, -0.1) is 0 Å². The molecule has 1 N–H and O–H groups in total. The Morgan fingerprint density at radius 2 is 1.63 bits per heavy atom. The second kappa shape index (κ2) is 11.5. The number of aromatic nitrogens is 3. The molecule has 3 heterocycles. The van der Waals surface area contributed by atoms with Crippen molar-refractivity contribution in [3.05, 3.63) is 102 Å². The quantitative estimate of drug-likeness (QED) is 0.311. The topological polar surface area (TPSA) is 80.0 Å². The van der Waals surface area contributed by atoms with Crippen molar-refractivity contribution in [2.45, 2.75) is 57.2 Å². The number of benzene rings is 2. The molecule has 0 atom stereocenters. The molecule has 38 heavy (non-hydrogen) atoms. The highest BCUT2D eigenvalue weighted by Crippen LogP contribution is 2.30. The number of hydrogen-bond acceptors (Lipinski definition) is 5. The van der Waals surface area contributed by atoms with E-state index in [1.807, 2.05) is 24.3 Å². The van der Waals surface area contributed by atoms with Gasteiger partial charge in [-0.3, -0.25) is 4.79 Å². The molecule has 2 aromatic heterocycles. The Bertz CT molecular complexity index is 1310. The first-order valence-corrected chi connectivity index (χ1v) is 13.5. The van der Waals surface area contributed by atoms with E-state index < -0.39 is 11.4 Å². The van der Waals surface area contributed by atoms with Crippen LogP contribution in [0.5, 0.6) is 0 Å². The number of hydrogen-bond donors (Lipinski definition) is 1. The summed E-state index contributed by atoms with van der Waals surface area (Å²) in [4.78, 5) is 18.6. The molecule has 0 radical (unpaired) electrons. The molecule has 0 saturated carbocycles. The lowest BCUT2D eigenvalue weighted by Crippen LogP contribution is -2.38. The summed E-state index contributed by atoms with van der Waals surface area (Å²) < 4.78 is 8.39. The van der Waals surface area contributed by atoms with E-state index in [1.165, 1.54) is 11.1 Å². The van der Waals surface area contributed by atoms with Crippen LogP contribution in [0.3, 0.4) is 0 Å². The molecule has 0 amide bonds. The Hall–Kier alpha value is -3.55. The van der Waals surface area contributed by atoms with Crippen molar-refractivity contribution in [3.8, 4) is 0 Å². The van der Waals surface area contributed by atoms with Crippen LogP contribution in [-0.4, -0.2) is 56.3 Å². The van der Waals surface area contributed by atoms with E-state index in [4.69, 9.17) is 4.74 Å². The lowest BCUT2D eigenvalue weighted by Gasteiger charge is -2.34. The van der Waals surface area contributed by atoms with Gasteiger partial charge in [0.2, 0.25) is 0 Å². The summed E-state index contributed by atoms with van der Waals surface area (Å²) >= 11 is 0. The van der Waals surface area contributed by atoms with Crippen molar-refractivity contribution < 1.29 is 14.6 Å². The van der Waals surface area contributed by atoms with Crippen molar-refractivity contribution in [2.75, 3.05) is 19.6 Å². The van der Waals surface area contributed by atoms with Gasteiger partial charge in [-0.2, -0.15) is 5.10 Å². The van der Waals surface area contributed by atoms with Gasteiger partial charge in [-0.05, 0) is 69.3 Å². The van der Waals surface area contributed by atoms with Crippen LogP contribution in [0.4, 0.5) is 0 Å². The van der Waals surface area contributed by atoms with E-state index in [9.17, 15) is 9.90 Å². The van der Waals surface area contributed by atoms with E-state index >= 15 is 0 Å². The molecule has 0 bridgehead atoms. The molecule has 0 spiro atoms. The molecule has 1 aliphatic rings. The minimum Gasteiger partial charge on any atom is -0.481 e. The Balaban J connectivity index is 1.12. The summed E-state index contributed by atoms with van der Waals surface area (Å²) in [5.41, 5.74) is 3.52. The largest absolute Gasteiger partial charge is 0.481 e. The van der Waals surface area contributed by atoms with Crippen LogP contribution in [0.25, 0.3) is 5.65 Å². The van der Waals surface area contributed by atoms with Crippen molar-refractivity contribution in [3.63, 3.8) is 0 Å². The van der Waals surface area contributed by atoms with Gasteiger partial charge in [-0.25, -0.2) is 9.50 Å². The summed E-state index contributed by atoms with van der Waals surface area (Å²) in [5, 5.41) is 14.2. The van der Waals surface area contributed by atoms with Gasteiger partial charge in [-0.1, -0.05) is 60.7 Å². The van der Waals surface area contributed by atoms with Crippen molar-refractivity contribution in [1.29, 1.82) is 0 Å². The van der Waals surface area contributed by atoms with E-state index in [0.29, 0.717) is 11.3 Å². The van der Waals surface area contributed by atoms with Crippen LogP contribution in [0, 0.1) is 0 Å². The maximum atomic E-state index is 11.6. The maximum Gasteiger partial charge on any atom is 0.315 e. The van der Waals surface area contributed by atoms with Crippen LogP contribution < -0.4 is 0 Å². The van der Waals surface area contributed by atoms with Crippen LogP contribution in [0.15, 0.2) is 79.0 Å². The van der Waals surface area contributed by atoms with Crippen LogP contribution in [-0.2, 0) is 21.4 Å². The average molecular weight is 513 g/mol. The average Bonchev–Trinajstić information content (AvgIpc) is 3.38. The maximum absolute atomic E-state index is 11.6. The molecule has 0 aliphatic carbocycles. The van der Waals surface area contributed by atoms with Crippen LogP contribution in [0.2, 0.25) is 0 Å². The number of carbonyl (C=O) groups is 1. The highest BCUT2D eigenvalue weighted by Gasteiger charge is 2.32. The summed E-state index contributed by atoms with van der Waals surface area (Å²) in [6.45, 7) is 6.41. The third kappa shape index (κ3) is 5.95. The molecule has 1 fully saturated rings. The van der Waals surface area contributed by atoms with Gasteiger partial charge >= 0.3 is 5.97 Å². The summed E-state index contributed by atoms with van der Waals surface area (Å²) in [5.74, 6) is -0.897. The van der Waals surface area contributed by atoms with Gasteiger partial charge in [0.1, 0.15) is 11.5 Å². The highest BCUT2D eigenvalue weighted by molar-refractivity contribution is 5.79. The predicted octanol–water partition coefficient (Wildman–Crippen LogP) is 5.29. The first-order chi connectivity index (χ1) is 18.4. The molecule has 0 unspecified atom stereocenters. The van der Waals surface area contributed by atoms with Gasteiger partial charge < -0.3 is 14.7 Å². The zero-order valence-corrected chi connectivity index (χ0v) is 22.2. The number of aryl methyl sites for hydroxylation is 1. The van der Waals surface area contributed by atoms with E-state index in [2.05, 4.69) is 63.5 Å². The summed E-state index contributed by atoms with van der Waals surface area (Å²) in [6, 6.07) is 24.9. The first kappa shape index (κ1) is 26.1. The number of piperidine rings is 1. The predicted molar refractivity (Wildman–Crippen MR) is 147 cm³/mol. The number of carboxylic acid groups (broad SMARTS) is 1. The van der Waals surface area contributed by atoms with Gasteiger partial charge in [0.15, 0.2) is 5.65 Å². The fraction of sp³-hybridized carbons (Fsp3) is 0.387. The minimum absolute atomic E-state index is 0.0419. The normalized spacial score (nSPS) is 15.3. The number of nitrogens with zero attached hydrogens (tertiary/aromatic N) is 4. The minimum atomic E-state index is -1.05. The molecular weight excluding hydrogens is 476 g/mol. The number of imidazole rings is 1. The zero-order valence-electron chi connectivity index (χ0n) is 22.2. The Morgan fingerprint density at radius 3 is 2.24 bits per heavy atom. The third-order valence-electron chi connectivity index (χ3n) is 7.53. The highest BCUT2D eigenvalue weighted by atomic mass is 16.5. The number of ether oxygens (including phenoxy) is 1. The van der Waals surface area contributed by atoms with Gasteiger partial charge in [0.05, 0.1) is 23.7 Å². The van der Waals surface area contributed by atoms with E-state index in [1.54, 1.807) is 24.6 Å². The molecule has 7 heteroatoms. The van der Waals surface area contributed by atoms with E-state index in [0.717, 1.165) is 51.0 Å². The van der Waals surface area contributed by atoms with E-state index in [-0.39, 0.29) is 12.2 Å². The lowest BCUT2D eigenvalue weighted by atomic mass is 9.90. The molecule has 198 valence electrons. The molecule has 4 aromatic rings. The zero-order chi connectivity index (χ0) is 26.5. The lowest BCUT2D eigenvalue weighted by molar-refractivity contribution is -0.142. The van der Waals surface area contributed by atoms with Crippen LogP contribution >= 0.6 is 0 Å². The SMILES string of the molecule is CC(C)(C(=O)O)c1cn2nc(CCCN3CCC(OC(c4ccccc4)c4ccccc4)CC3)ccc2n1. The fourth-order valence-electron chi connectivity index (χ4n) is 5.02. The number of fused-ring (bicyclic) bond motifs is 1. The Morgan fingerprint density at radius 1 is 1.00 bits per heavy atom. The molecule has 7 nitrogen and oxygen atoms in total. The van der Waals surface area contributed by atoms with Gasteiger partial charge in [0.25, 0.3) is 0 Å². The molecule has 2 aromatic carbocycles. The third-order valence-corrected chi connectivity index (χ3v) is 7.53. The smallest absolute Gasteiger partial charge is 0.315 e. The van der Waals surface area contributed by atoms with Crippen molar-refractivity contribution in [1.82, 2.24) is 19.5 Å². The van der Waals surface area contributed by atoms with Crippen molar-refractivity contribution >= 4 is 11.6 Å². The number of likely N-dealkylation sites (tertiary alicyclic amines) is 1. The fourth-order valence-corrected chi connectivity index (χ4v) is 5.02. The first-order valence-electron chi connectivity index (χ1n) is 13.5. The van der Waals surface area contributed by atoms with Crippen LogP contribution in [0.1, 0.15) is 61.7 Å². The molecule has 1 saturated heterocycles. The summed E-state index contributed by atoms with van der Waals surface area (Å²) in [6.07, 6.45) is 5.87. The molecule has 5 rings (SSSR count). The monoisotopic (exact) mass is 512 g/mol. The second-order valence-electron chi connectivity index (χ2n) is 10.7. The summed E-state index contributed by atoms with van der Waals surface area (Å²) in [7, 11) is 0. The molecule has 1 aliphatic heterocycles. The van der Waals surface area contributed by atoms with Gasteiger partial charge in [0, 0.05) is 13.1 Å². The van der Waals surface area contributed by atoms with Crippen molar-refractivity contribution in [2.24, 2.45) is 0 Å². The second-order valence-corrected chi connectivity index (χ2v) is 10.7. The number of carboxylic acids is 1. The molecular formula is C31H36N4O3. The Kier molecular flexibility index (Phi) is 7.86. The number of rotatable bonds is 10. The number of aliphatic carboxylic acids is 1.